The number of carbonyl (C=O) groups excluding carboxylic acids is 2. The SMILES string of the molecule is CCOc1ccc(C(=O)O[C@H](C)C(=O)NC[C@@H](CC)c2ccccc2)cc1[N+](=O)[O-]. The van der Waals surface area contributed by atoms with Crippen LogP contribution < -0.4 is 10.1 Å². The molecule has 0 spiro atoms. The molecule has 1 N–H and O–H groups in total. The molecule has 2 aromatic rings. The molecule has 0 saturated heterocycles. The average Bonchev–Trinajstić information content (AvgIpc) is 2.75. The number of rotatable bonds is 10. The first-order valence-corrected chi connectivity index (χ1v) is 9.82. The van der Waals surface area contributed by atoms with Crippen LogP contribution in [0.5, 0.6) is 5.75 Å². The van der Waals surface area contributed by atoms with Gasteiger partial charge in [0.15, 0.2) is 11.9 Å². The number of nitrogens with one attached hydrogen (secondary N) is 1. The minimum absolute atomic E-state index is 0.0273. The second-order valence-corrected chi connectivity index (χ2v) is 6.68. The van der Waals surface area contributed by atoms with Crippen LogP contribution in [-0.4, -0.2) is 36.1 Å². The van der Waals surface area contributed by atoms with Crippen LogP contribution in [0, 0.1) is 10.1 Å². The summed E-state index contributed by atoms with van der Waals surface area (Å²) in [5.41, 5.74) is 0.754. The van der Waals surface area contributed by atoms with E-state index in [0.717, 1.165) is 18.1 Å². The number of hydrogen-bond donors (Lipinski definition) is 1. The van der Waals surface area contributed by atoms with Gasteiger partial charge in [0.05, 0.1) is 17.1 Å². The Labute approximate surface area is 175 Å². The molecule has 0 unspecified atom stereocenters. The molecule has 0 aliphatic heterocycles. The Morgan fingerprint density at radius 2 is 1.83 bits per heavy atom. The van der Waals surface area contributed by atoms with Gasteiger partial charge in [-0.1, -0.05) is 37.3 Å². The summed E-state index contributed by atoms with van der Waals surface area (Å²) >= 11 is 0. The largest absolute Gasteiger partial charge is 0.487 e. The van der Waals surface area contributed by atoms with Crippen molar-refractivity contribution in [2.45, 2.75) is 39.2 Å². The van der Waals surface area contributed by atoms with Crippen LogP contribution in [-0.2, 0) is 9.53 Å². The maximum absolute atomic E-state index is 12.4. The molecular weight excluding hydrogens is 388 g/mol. The van der Waals surface area contributed by atoms with Crippen molar-refractivity contribution < 1.29 is 24.0 Å². The standard InChI is InChI=1S/C22H26N2O6/c1-4-16(17-9-7-6-8-10-17)14-23-21(25)15(3)30-22(26)18-11-12-20(29-5-2)19(13-18)24(27)28/h6-13,15-16H,4-5,14H2,1-3H3,(H,23,25)/t15-,16-/m1/s1. The Hall–Kier alpha value is -3.42. The van der Waals surface area contributed by atoms with E-state index in [1.54, 1.807) is 6.92 Å². The second-order valence-electron chi connectivity index (χ2n) is 6.68. The molecule has 0 aliphatic rings. The summed E-state index contributed by atoms with van der Waals surface area (Å²) < 4.78 is 10.4. The first-order chi connectivity index (χ1) is 14.4. The summed E-state index contributed by atoms with van der Waals surface area (Å²) in [5, 5.41) is 14.0. The lowest BCUT2D eigenvalue weighted by Gasteiger charge is -2.18. The van der Waals surface area contributed by atoms with Crippen LogP contribution in [0.3, 0.4) is 0 Å². The van der Waals surface area contributed by atoms with Gasteiger partial charge >= 0.3 is 11.7 Å². The second kappa shape index (κ2) is 10.9. The van der Waals surface area contributed by atoms with Crippen LogP contribution in [0.25, 0.3) is 0 Å². The summed E-state index contributed by atoms with van der Waals surface area (Å²) in [6, 6.07) is 13.6. The first-order valence-electron chi connectivity index (χ1n) is 9.82. The maximum atomic E-state index is 12.4. The zero-order valence-corrected chi connectivity index (χ0v) is 17.3. The molecule has 0 heterocycles. The van der Waals surface area contributed by atoms with Crippen LogP contribution in [0.2, 0.25) is 0 Å². The van der Waals surface area contributed by atoms with E-state index >= 15 is 0 Å². The Kier molecular flexibility index (Phi) is 8.34. The highest BCUT2D eigenvalue weighted by Gasteiger charge is 2.23. The van der Waals surface area contributed by atoms with Gasteiger partial charge in [0.25, 0.3) is 5.91 Å². The highest BCUT2D eigenvalue weighted by Crippen LogP contribution is 2.28. The number of hydrogen-bond acceptors (Lipinski definition) is 6. The van der Waals surface area contributed by atoms with Gasteiger partial charge < -0.3 is 14.8 Å². The zero-order chi connectivity index (χ0) is 22.1. The van der Waals surface area contributed by atoms with E-state index in [2.05, 4.69) is 5.32 Å². The Bertz CT molecular complexity index is 884. The van der Waals surface area contributed by atoms with E-state index < -0.39 is 22.9 Å². The fraction of sp³-hybridized carbons (Fsp3) is 0.364. The number of nitro benzene ring substituents is 1. The van der Waals surface area contributed by atoms with E-state index in [1.807, 2.05) is 37.3 Å². The Balaban J connectivity index is 1.98. The van der Waals surface area contributed by atoms with Crippen LogP contribution >= 0.6 is 0 Å². The van der Waals surface area contributed by atoms with Gasteiger partial charge in [-0.3, -0.25) is 14.9 Å². The quantitative estimate of drug-likeness (QED) is 0.359. The van der Waals surface area contributed by atoms with Gasteiger partial charge in [-0.05, 0) is 38.0 Å². The third-order valence-electron chi connectivity index (χ3n) is 4.63. The van der Waals surface area contributed by atoms with E-state index in [9.17, 15) is 19.7 Å². The molecule has 0 aliphatic carbocycles. The van der Waals surface area contributed by atoms with Gasteiger partial charge in [0, 0.05) is 18.5 Å². The fourth-order valence-corrected chi connectivity index (χ4v) is 2.94. The highest BCUT2D eigenvalue weighted by atomic mass is 16.6. The molecule has 0 radical (unpaired) electrons. The smallest absolute Gasteiger partial charge is 0.339 e. The van der Waals surface area contributed by atoms with Crippen molar-refractivity contribution >= 4 is 17.6 Å². The third kappa shape index (κ3) is 6.04. The Morgan fingerprint density at radius 1 is 1.13 bits per heavy atom. The van der Waals surface area contributed by atoms with Crippen molar-refractivity contribution in [1.82, 2.24) is 5.32 Å². The van der Waals surface area contributed by atoms with E-state index in [-0.39, 0.29) is 29.5 Å². The normalized spacial score (nSPS) is 12.5. The molecule has 0 aromatic heterocycles. The van der Waals surface area contributed by atoms with Crippen molar-refractivity contribution in [2.75, 3.05) is 13.2 Å². The number of nitro groups is 1. The summed E-state index contributed by atoms with van der Waals surface area (Å²) in [6.45, 7) is 5.86. The predicted octanol–water partition coefficient (Wildman–Crippen LogP) is 3.85. The minimum Gasteiger partial charge on any atom is -0.487 e. The molecule has 8 heteroatoms. The minimum atomic E-state index is -1.04. The fourth-order valence-electron chi connectivity index (χ4n) is 2.94. The van der Waals surface area contributed by atoms with Crippen LogP contribution in [0.1, 0.15) is 49.0 Å². The molecule has 8 nitrogen and oxygen atoms in total. The Morgan fingerprint density at radius 3 is 2.43 bits per heavy atom. The predicted molar refractivity (Wildman–Crippen MR) is 112 cm³/mol. The van der Waals surface area contributed by atoms with Gasteiger partial charge in [-0.2, -0.15) is 0 Å². The number of amides is 1. The lowest BCUT2D eigenvalue weighted by Crippen LogP contribution is -2.38. The molecule has 0 fully saturated rings. The highest BCUT2D eigenvalue weighted by molar-refractivity contribution is 5.93. The third-order valence-corrected chi connectivity index (χ3v) is 4.63. The topological polar surface area (TPSA) is 108 Å². The molecule has 2 rings (SSSR count). The molecule has 160 valence electrons. The van der Waals surface area contributed by atoms with Crippen molar-refractivity contribution in [3.8, 4) is 5.75 Å². The molecule has 1 amide bonds. The van der Waals surface area contributed by atoms with Crippen molar-refractivity contribution in [3.63, 3.8) is 0 Å². The van der Waals surface area contributed by atoms with Crippen LogP contribution in [0.4, 0.5) is 5.69 Å². The molecular formula is C22H26N2O6. The van der Waals surface area contributed by atoms with Gasteiger partial charge in [0.2, 0.25) is 0 Å². The lowest BCUT2D eigenvalue weighted by atomic mass is 9.96. The number of esters is 1. The lowest BCUT2D eigenvalue weighted by molar-refractivity contribution is -0.385. The summed E-state index contributed by atoms with van der Waals surface area (Å²) in [4.78, 5) is 35.3. The number of nitrogens with zero attached hydrogens (tertiary/aromatic N) is 1. The molecule has 0 bridgehead atoms. The number of benzene rings is 2. The van der Waals surface area contributed by atoms with Gasteiger partial charge in [0.1, 0.15) is 0 Å². The summed E-state index contributed by atoms with van der Waals surface area (Å²) in [7, 11) is 0. The van der Waals surface area contributed by atoms with Crippen molar-refractivity contribution in [1.29, 1.82) is 0 Å². The molecule has 0 saturated carbocycles. The molecule has 2 atom stereocenters. The summed E-state index contributed by atoms with van der Waals surface area (Å²) in [5.74, 6) is -1.04. The monoisotopic (exact) mass is 414 g/mol. The average molecular weight is 414 g/mol. The van der Waals surface area contributed by atoms with E-state index in [1.165, 1.54) is 19.1 Å². The van der Waals surface area contributed by atoms with E-state index in [4.69, 9.17) is 9.47 Å². The molecule has 2 aromatic carbocycles. The molecule has 30 heavy (non-hydrogen) atoms. The maximum Gasteiger partial charge on any atom is 0.339 e. The number of ether oxygens (including phenoxy) is 2. The van der Waals surface area contributed by atoms with Crippen molar-refractivity contribution in [3.05, 3.63) is 69.8 Å². The van der Waals surface area contributed by atoms with Gasteiger partial charge in [-0.15, -0.1) is 0 Å². The van der Waals surface area contributed by atoms with Crippen LogP contribution in [0.15, 0.2) is 48.5 Å². The van der Waals surface area contributed by atoms with E-state index in [0.29, 0.717) is 6.54 Å². The van der Waals surface area contributed by atoms with Gasteiger partial charge in [-0.25, -0.2) is 4.79 Å². The number of carbonyl (C=O) groups is 2. The summed E-state index contributed by atoms with van der Waals surface area (Å²) in [6.07, 6.45) is -0.203. The van der Waals surface area contributed by atoms with Crippen molar-refractivity contribution in [2.24, 2.45) is 0 Å². The first kappa shape index (κ1) is 22.9. The zero-order valence-electron chi connectivity index (χ0n) is 17.3.